The summed E-state index contributed by atoms with van der Waals surface area (Å²) < 4.78 is 17.8. The highest BCUT2D eigenvalue weighted by Gasteiger charge is 2.35. The van der Waals surface area contributed by atoms with Gasteiger partial charge in [-0.3, -0.25) is 14.4 Å². The van der Waals surface area contributed by atoms with Gasteiger partial charge in [0, 0.05) is 73.6 Å². The van der Waals surface area contributed by atoms with E-state index in [1.54, 1.807) is 48.2 Å². The first-order valence-electron chi connectivity index (χ1n) is 16.1. The Balaban J connectivity index is 1.26. The number of likely N-dealkylation sites (tertiary alicyclic amines) is 1. The van der Waals surface area contributed by atoms with E-state index in [0.29, 0.717) is 80.5 Å². The molecule has 0 radical (unpaired) electrons. The minimum absolute atomic E-state index is 0.0225. The number of piperidine rings is 2. The summed E-state index contributed by atoms with van der Waals surface area (Å²) in [6, 6.07) is 15.7. The van der Waals surface area contributed by atoms with Gasteiger partial charge < -0.3 is 39.2 Å². The van der Waals surface area contributed by atoms with Crippen molar-refractivity contribution in [2.75, 3.05) is 57.2 Å². The molecule has 2 N–H and O–H groups in total. The zero-order valence-corrected chi connectivity index (χ0v) is 27.0. The quantitative estimate of drug-likeness (QED) is 0.376. The van der Waals surface area contributed by atoms with Crippen LogP contribution >= 0.6 is 0 Å². The third-order valence-electron chi connectivity index (χ3n) is 9.30. The molecule has 3 aliphatic rings. The molecule has 47 heavy (non-hydrogen) atoms. The number of methoxy groups -OCH3 is 2. The van der Waals surface area contributed by atoms with Crippen LogP contribution in [0.1, 0.15) is 58.5 Å². The Hall–Kier alpha value is -5.00. The lowest BCUT2D eigenvalue weighted by molar-refractivity contribution is 0.0859. The lowest BCUT2D eigenvalue weighted by Gasteiger charge is -2.44. The topological polar surface area (TPSA) is 131 Å². The molecule has 2 fully saturated rings. The number of hydrogen-bond acceptors (Lipinski definition) is 8. The fraction of sp³-hybridized carbons (Fsp3) is 0.429. The number of ether oxygens (including phenoxy) is 3. The SMILES string of the molecule is CCOC(=O)N1CCC(NC(=O)c2ccc(N3C[C@H]4C[C@@H](C3)c3cccc(=O)n3C4)c(NC(=O)c3cc(OC)cc(OC)c3)c2)CC1. The first-order chi connectivity index (χ1) is 22.8. The van der Waals surface area contributed by atoms with Crippen LogP contribution in [-0.2, 0) is 11.3 Å². The van der Waals surface area contributed by atoms with Crippen molar-refractivity contribution in [3.05, 3.63) is 81.8 Å². The Labute approximate surface area is 273 Å². The summed E-state index contributed by atoms with van der Waals surface area (Å²) in [5.41, 5.74) is 3.11. The number of anilines is 2. The number of pyridine rings is 1. The van der Waals surface area contributed by atoms with Crippen LogP contribution in [-0.4, -0.2) is 80.4 Å². The Bertz CT molecular complexity index is 1690. The normalized spacial score (nSPS) is 19.0. The second-order valence-electron chi connectivity index (χ2n) is 12.3. The number of amides is 3. The van der Waals surface area contributed by atoms with Crippen LogP contribution in [0.15, 0.2) is 59.4 Å². The molecule has 3 aliphatic heterocycles. The molecule has 2 atom stereocenters. The minimum atomic E-state index is -0.374. The second kappa shape index (κ2) is 13.8. The molecular weight excluding hydrogens is 602 g/mol. The molecule has 2 bridgehead atoms. The largest absolute Gasteiger partial charge is 0.497 e. The van der Waals surface area contributed by atoms with Crippen molar-refractivity contribution >= 4 is 29.3 Å². The number of hydrogen-bond donors (Lipinski definition) is 2. The van der Waals surface area contributed by atoms with Gasteiger partial charge in [0.15, 0.2) is 0 Å². The summed E-state index contributed by atoms with van der Waals surface area (Å²) in [5, 5.41) is 6.17. The van der Waals surface area contributed by atoms with E-state index in [1.807, 2.05) is 22.8 Å². The molecule has 6 rings (SSSR count). The number of nitrogens with one attached hydrogen (secondary N) is 2. The molecule has 248 valence electrons. The number of carbonyl (C=O) groups is 3. The zero-order chi connectivity index (χ0) is 33.1. The van der Waals surface area contributed by atoms with Gasteiger partial charge in [-0.05, 0) is 68.5 Å². The van der Waals surface area contributed by atoms with Crippen molar-refractivity contribution in [3.8, 4) is 11.5 Å². The van der Waals surface area contributed by atoms with E-state index in [4.69, 9.17) is 14.2 Å². The molecule has 4 heterocycles. The second-order valence-corrected chi connectivity index (χ2v) is 12.3. The van der Waals surface area contributed by atoms with Crippen LogP contribution in [0.2, 0.25) is 0 Å². The van der Waals surface area contributed by atoms with Crippen LogP contribution in [0.25, 0.3) is 0 Å². The maximum Gasteiger partial charge on any atom is 0.409 e. The van der Waals surface area contributed by atoms with Crippen LogP contribution in [0.3, 0.4) is 0 Å². The molecule has 0 saturated carbocycles. The van der Waals surface area contributed by atoms with Crippen molar-refractivity contribution in [1.29, 1.82) is 0 Å². The molecule has 0 aliphatic carbocycles. The predicted octanol–water partition coefficient (Wildman–Crippen LogP) is 4.09. The molecule has 2 aromatic carbocycles. The summed E-state index contributed by atoms with van der Waals surface area (Å²) >= 11 is 0. The number of aromatic nitrogens is 1. The van der Waals surface area contributed by atoms with E-state index < -0.39 is 0 Å². The van der Waals surface area contributed by atoms with Gasteiger partial charge in [0.2, 0.25) is 0 Å². The average Bonchev–Trinajstić information content (AvgIpc) is 3.08. The standard InChI is InChI=1S/C35H41N5O7/c1-4-47-35(44)38-12-10-26(11-13-38)36-33(42)23-8-9-31(29(17-23)37-34(43)24-15-27(45-2)18-28(16-24)46-3)39-19-22-14-25(21-39)30-6-5-7-32(41)40(30)20-22/h5-9,15-18,22,25-26H,4,10-14,19-21H2,1-3H3,(H,36,42)(H,37,43)/t22-,25+/m1/s1. The molecule has 12 heteroatoms. The van der Waals surface area contributed by atoms with Crippen molar-refractivity contribution in [1.82, 2.24) is 14.8 Å². The number of carbonyl (C=O) groups excluding carboxylic acids is 3. The van der Waals surface area contributed by atoms with Crippen LogP contribution < -0.4 is 30.6 Å². The number of rotatable bonds is 8. The van der Waals surface area contributed by atoms with Crippen LogP contribution in [0.5, 0.6) is 11.5 Å². The van der Waals surface area contributed by atoms with E-state index in [-0.39, 0.29) is 41.3 Å². The van der Waals surface area contributed by atoms with Crippen LogP contribution in [0, 0.1) is 5.92 Å². The average molecular weight is 644 g/mol. The third-order valence-corrected chi connectivity index (χ3v) is 9.30. The molecule has 2 saturated heterocycles. The van der Waals surface area contributed by atoms with E-state index in [9.17, 15) is 19.2 Å². The van der Waals surface area contributed by atoms with Gasteiger partial charge in [-0.2, -0.15) is 0 Å². The summed E-state index contributed by atoms with van der Waals surface area (Å²) in [6.45, 7) is 5.11. The summed E-state index contributed by atoms with van der Waals surface area (Å²) in [4.78, 5) is 55.8. The highest BCUT2D eigenvalue weighted by atomic mass is 16.6. The molecule has 0 unspecified atom stereocenters. The van der Waals surface area contributed by atoms with E-state index in [2.05, 4.69) is 15.5 Å². The van der Waals surface area contributed by atoms with Gasteiger partial charge >= 0.3 is 6.09 Å². The molecule has 3 aromatic rings. The predicted molar refractivity (Wildman–Crippen MR) is 177 cm³/mol. The first kappa shape index (κ1) is 32.0. The summed E-state index contributed by atoms with van der Waals surface area (Å²) in [5.74, 6) is 0.751. The van der Waals surface area contributed by atoms with E-state index in [0.717, 1.165) is 17.8 Å². The van der Waals surface area contributed by atoms with Gasteiger partial charge in [0.1, 0.15) is 11.5 Å². The molecule has 1 aromatic heterocycles. The van der Waals surface area contributed by atoms with E-state index in [1.165, 1.54) is 14.2 Å². The number of fused-ring (bicyclic) bond motifs is 4. The van der Waals surface area contributed by atoms with Gasteiger partial charge in [0.05, 0.1) is 32.2 Å². The minimum Gasteiger partial charge on any atom is -0.497 e. The van der Waals surface area contributed by atoms with Crippen LogP contribution in [0.4, 0.5) is 16.2 Å². The summed E-state index contributed by atoms with van der Waals surface area (Å²) in [7, 11) is 3.05. The summed E-state index contributed by atoms with van der Waals surface area (Å²) in [6.07, 6.45) is 1.89. The molecule has 12 nitrogen and oxygen atoms in total. The van der Waals surface area contributed by atoms with Crippen molar-refractivity contribution in [2.45, 2.75) is 44.7 Å². The van der Waals surface area contributed by atoms with Gasteiger partial charge in [-0.25, -0.2) is 4.79 Å². The zero-order valence-electron chi connectivity index (χ0n) is 27.0. The maximum absolute atomic E-state index is 13.7. The number of benzene rings is 2. The van der Waals surface area contributed by atoms with Gasteiger partial charge in [0.25, 0.3) is 17.4 Å². The monoisotopic (exact) mass is 643 g/mol. The molecule has 0 spiro atoms. The van der Waals surface area contributed by atoms with E-state index >= 15 is 0 Å². The maximum atomic E-state index is 13.7. The smallest absolute Gasteiger partial charge is 0.409 e. The van der Waals surface area contributed by atoms with Crippen molar-refractivity contribution < 1.29 is 28.6 Å². The Morgan fingerprint density at radius 1 is 0.872 bits per heavy atom. The Kier molecular flexibility index (Phi) is 9.37. The third kappa shape index (κ3) is 6.91. The molecule has 3 amide bonds. The van der Waals surface area contributed by atoms with Crippen molar-refractivity contribution in [2.24, 2.45) is 5.92 Å². The van der Waals surface area contributed by atoms with Crippen molar-refractivity contribution in [3.63, 3.8) is 0 Å². The lowest BCUT2D eigenvalue weighted by atomic mass is 9.83. The van der Waals surface area contributed by atoms with Gasteiger partial charge in [-0.15, -0.1) is 0 Å². The number of nitrogens with zero attached hydrogens (tertiary/aromatic N) is 3. The highest BCUT2D eigenvalue weighted by Crippen LogP contribution is 2.39. The Morgan fingerprint density at radius 2 is 1.62 bits per heavy atom. The Morgan fingerprint density at radius 3 is 2.32 bits per heavy atom. The highest BCUT2D eigenvalue weighted by molar-refractivity contribution is 6.07. The fourth-order valence-electron chi connectivity index (χ4n) is 6.97. The molecular formula is C35H41N5O7. The lowest BCUT2D eigenvalue weighted by Crippen LogP contribution is -2.47. The fourth-order valence-corrected chi connectivity index (χ4v) is 6.97. The van der Waals surface area contributed by atoms with Gasteiger partial charge in [-0.1, -0.05) is 6.07 Å². The first-order valence-corrected chi connectivity index (χ1v) is 16.1.